The van der Waals surface area contributed by atoms with Crippen molar-refractivity contribution < 1.29 is 17.9 Å². The molecular formula is C23H29N3O4S. The van der Waals surface area contributed by atoms with E-state index in [0.29, 0.717) is 32.0 Å². The third kappa shape index (κ3) is 5.26. The molecule has 1 amide bonds. The van der Waals surface area contributed by atoms with E-state index >= 15 is 0 Å². The molecule has 0 spiro atoms. The number of amides is 1. The molecule has 166 valence electrons. The fraction of sp³-hybridized carbons (Fsp3) is 0.435. The van der Waals surface area contributed by atoms with Crippen molar-refractivity contribution in [2.75, 3.05) is 49.6 Å². The number of rotatable bonds is 6. The molecule has 2 fully saturated rings. The molecule has 8 heteroatoms. The molecule has 31 heavy (non-hydrogen) atoms. The largest absolute Gasteiger partial charge is 0.379 e. The number of benzene rings is 2. The monoisotopic (exact) mass is 443 g/mol. The van der Waals surface area contributed by atoms with Gasteiger partial charge < -0.3 is 15.0 Å². The van der Waals surface area contributed by atoms with Crippen LogP contribution < -0.4 is 10.2 Å². The Kier molecular flexibility index (Phi) is 6.89. The van der Waals surface area contributed by atoms with Gasteiger partial charge in [-0.1, -0.05) is 30.3 Å². The van der Waals surface area contributed by atoms with Gasteiger partial charge >= 0.3 is 0 Å². The van der Waals surface area contributed by atoms with Gasteiger partial charge in [0.2, 0.25) is 15.9 Å². The first-order valence-corrected chi connectivity index (χ1v) is 12.3. The lowest BCUT2D eigenvalue weighted by Gasteiger charge is -2.31. The van der Waals surface area contributed by atoms with E-state index in [2.05, 4.69) is 10.2 Å². The van der Waals surface area contributed by atoms with Crippen molar-refractivity contribution in [1.82, 2.24) is 4.31 Å². The minimum Gasteiger partial charge on any atom is -0.379 e. The van der Waals surface area contributed by atoms with Crippen LogP contribution in [0.5, 0.6) is 0 Å². The van der Waals surface area contributed by atoms with E-state index in [1.54, 1.807) is 12.1 Å². The van der Waals surface area contributed by atoms with Crippen LogP contribution in [0, 0.1) is 0 Å². The van der Waals surface area contributed by atoms with E-state index in [1.165, 1.54) is 10.7 Å². The van der Waals surface area contributed by atoms with Crippen LogP contribution in [0.15, 0.2) is 53.4 Å². The zero-order valence-electron chi connectivity index (χ0n) is 17.6. The molecule has 2 aliphatic rings. The second-order valence-corrected chi connectivity index (χ2v) is 9.89. The number of hydrogen-bond acceptors (Lipinski definition) is 5. The molecule has 1 N–H and O–H groups in total. The van der Waals surface area contributed by atoms with E-state index in [-0.39, 0.29) is 17.2 Å². The highest BCUT2D eigenvalue weighted by Gasteiger charge is 2.28. The van der Waals surface area contributed by atoms with Crippen LogP contribution in [0.1, 0.15) is 24.8 Å². The molecule has 0 radical (unpaired) electrons. The summed E-state index contributed by atoms with van der Waals surface area (Å²) in [5, 5.41) is 2.98. The maximum Gasteiger partial charge on any atom is 0.243 e. The summed E-state index contributed by atoms with van der Waals surface area (Å²) in [6.45, 7) is 3.27. The molecule has 0 unspecified atom stereocenters. The second-order valence-electron chi connectivity index (χ2n) is 7.95. The lowest BCUT2D eigenvalue weighted by atomic mass is 10.1. The number of nitrogens with zero attached hydrogens (tertiary/aromatic N) is 2. The van der Waals surface area contributed by atoms with Gasteiger partial charge in [-0.05, 0) is 43.0 Å². The quantitative estimate of drug-likeness (QED) is 0.743. The van der Waals surface area contributed by atoms with E-state index in [0.717, 1.165) is 37.2 Å². The van der Waals surface area contributed by atoms with Gasteiger partial charge in [0.15, 0.2) is 0 Å². The molecule has 0 aliphatic carbocycles. The standard InChI is InChI=1S/C23H29N3O4S/c27-23(17-19-7-3-1-4-8-19)24-21-18-20(31(28,29)26-13-15-30-16-14-26)9-10-22(21)25-11-5-2-6-12-25/h1,3-4,7-10,18H,2,5-6,11-17H2,(H,24,27). The molecule has 0 aromatic heterocycles. The maximum absolute atomic E-state index is 13.1. The molecule has 0 atom stereocenters. The van der Waals surface area contributed by atoms with Crippen molar-refractivity contribution in [2.24, 2.45) is 0 Å². The number of morpholine rings is 1. The number of carbonyl (C=O) groups excluding carboxylic acids is 1. The number of sulfonamides is 1. The molecule has 0 bridgehead atoms. The van der Waals surface area contributed by atoms with E-state index in [4.69, 9.17) is 4.74 Å². The Morgan fingerprint density at radius 1 is 0.935 bits per heavy atom. The number of nitrogens with one attached hydrogen (secondary N) is 1. The lowest BCUT2D eigenvalue weighted by molar-refractivity contribution is -0.115. The van der Waals surface area contributed by atoms with E-state index in [9.17, 15) is 13.2 Å². The first kappa shape index (κ1) is 21.8. The van der Waals surface area contributed by atoms with Crippen molar-refractivity contribution in [1.29, 1.82) is 0 Å². The van der Waals surface area contributed by atoms with Crippen LogP contribution >= 0.6 is 0 Å². The van der Waals surface area contributed by atoms with Gasteiger partial charge in [0.1, 0.15) is 0 Å². The van der Waals surface area contributed by atoms with Gasteiger partial charge in [-0.15, -0.1) is 0 Å². The molecule has 2 aromatic carbocycles. The smallest absolute Gasteiger partial charge is 0.243 e. The van der Waals surface area contributed by atoms with Crippen molar-refractivity contribution >= 4 is 27.3 Å². The summed E-state index contributed by atoms with van der Waals surface area (Å²) in [6.07, 6.45) is 3.60. The SMILES string of the molecule is O=C(Cc1ccccc1)Nc1cc(S(=O)(=O)N2CCOCC2)ccc1N1CCCCC1. The zero-order chi connectivity index (χ0) is 21.7. The second kappa shape index (κ2) is 9.80. The van der Waals surface area contributed by atoms with Gasteiger partial charge in [-0.25, -0.2) is 8.42 Å². The van der Waals surface area contributed by atoms with Gasteiger partial charge in [-0.3, -0.25) is 4.79 Å². The van der Waals surface area contributed by atoms with Crippen LogP contribution in [-0.2, 0) is 26.0 Å². The van der Waals surface area contributed by atoms with Gasteiger partial charge in [-0.2, -0.15) is 4.31 Å². The molecule has 0 saturated carbocycles. The average Bonchev–Trinajstić information content (AvgIpc) is 2.81. The van der Waals surface area contributed by atoms with Crippen LogP contribution in [0.4, 0.5) is 11.4 Å². The number of ether oxygens (including phenoxy) is 1. The molecule has 2 heterocycles. The fourth-order valence-corrected chi connectivity index (χ4v) is 5.53. The predicted octanol–water partition coefficient (Wildman–Crippen LogP) is 2.88. The van der Waals surface area contributed by atoms with Crippen molar-refractivity contribution in [3.8, 4) is 0 Å². The highest BCUT2D eigenvalue weighted by molar-refractivity contribution is 7.89. The van der Waals surface area contributed by atoms with Crippen molar-refractivity contribution in [3.63, 3.8) is 0 Å². The Labute approximate surface area is 184 Å². The minimum atomic E-state index is -3.64. The number of carbonyl (C=O) groups is 1. The maximum atomic E-state index is 13.1. The zero-order valence-corrected chi connectivity index (χ0v) is 18.4. The van der Waals surface area contributed by atoms with Crippen molar-refractivity contribution in [3.05, 3.63) is 54.1 Å². The van der Waals surface area contributed by atoms with Gasteiger partial charge in [0.25, 0.3) is 0 Å². The molecular weight excluding hydrogens is 414 g/mol. The summed E-state index contributed by atoms with van der Waals surface area (Å²) in [4.78, 5) is 15.2. The minimum absolute atomic E-state index is 0.162. The molecule has 2 saturated heterocycles. The topological polar surface area (TPSA) is 79.0 Å². The summed E-state index contributed by atoms with van der Waals surface area (Å²) in [5.41, 5.74) is 2.34. The Morgan fingerprint density at radius 2 is 1.65 bits per heavy atom. The Hall–Kier alpha value is -2.42. The number of hydrogen-bond donors (Lipinski definition) is 1. The van der Waals surface area contributed by atoms with Gasteiger partial charge in [0.05, 0.1) is 35.9 Å². The average molecular weight is 444 g/mol. The van der Waals surface area contributed by atoms with E-state index < -0.39 is 10.0 Å². The normalized spacial score (nSPS) is 18.0. The Morgan fingerprint density at radius 3 is 2.35 bits per heavy atom. The predicted molar refractivity (Wildman–Crippen MR) is 121 cm³/mol. The van der Waals surface area contributed by atoms with Gasteiger partial charge in [0, 0.05) is 26.2 Å². The molecule has 7 nitrogen and oxygen atoms in total. The number of anilines is 2. The summed E-state index contributed by atoms with van der Waals surface area (Å²) in [6, 6.07) is 14.6. The highest BCUT2D eigenvalue weighted by Crippen LogP contribution is 2.32. The van der Waals surface area contributed by atoms with Crippen LogP contribution in [0.2, 0.25) is 0 Å². The van der Waals surface area contributed by atoms with Crippen LogP contribution in [-0.4, -0.2) is 58.0 Å². The summed E-state index contributed by atoms with van der Waals surface area (Å²) < 4.78 is 33.0. The lowest BCUT2D eigenvalue weighted by Crippen LogP contribution is -2.40. The fourth-order valence-electron chi connectivity index (χ4n) is 4.10. The Bertz CT molecular complexity index is 999. The van der Waals surface area contributed by atoms with Crippen LogP contribution in [0.25, 0.3) is 0 Å². The van der Waals surface area contributed by atoms with Crippen molar-refractivity contribution in [2.45, 2.75) is 30.6 Å². The summed E-state index contributed by atoms with van der Waals surface area (Å²) in [7, 11) is -3.64. The Balaban J connectivity index is 1.62. The van der Waals surface area contributed by atoms with E-state index in [1.807, 2.05) is 36.4 Å². The van der Waals surface area contributed by atoms with Crippen LogP contribution in [0.3, 0.4) is 0 Å². The third-order valence-electron chi connectivity index (χ3n) is 5.75. The molecule has 2 aliphatic heterocycles. The number of piperidine rings is 1. The summed E-state index contributed by atoms with van der Waals surface area (Å²) in [5.74, 6) is -0.162. The first-order chi connectivity index (χ1) is 15.0. The molecule has 2 aromatic rings. The highest BCUT2D eigenvalue weighted by atomic mass is 32.2. The third-order valence-corrected chi connectivity index (χ3v) is 7.65. The first-order valence-electron chi connectivity index (χ1n) is 10.8. The molecule has 4 rings (SSSR count). The summed E-state index contributed by atoms with van der Waals surface area (Å²) >= 11 is 0.